The van der Waals surface area contributed by atoms with E-state index in [9.17, 15) is 4.79 Å². The molecule has 0 aromatic carbocycles. The Balaban J connectivity index is 2.29. The molecule has 4 heteroatoms. The highest BCUT2D eigenvalue weighted by Gasteiger charge is 2.22. The molecule has 1 unspecified atom stereocenters. The van der Waals surface area contributed by atoms with Crippen molar-refractivity contribution in [2.75, 3.05) is 19.6 Å². The molecule has 1 fully saturated rings. The van der Waals surface area contributed by atoms with E-state index in [2.05, 4.69) is 12.2 Å². The van der Waals surface area contributed by atoms with Gasteiger partial charge in [-0.1, -0.05) is 19.3 Å². The maximum Gasteiger partial charge on any atom is 0.410 e. The topological polar surface area (TPSA) is 41.6 Å². The lowest BCUT2D eigenvalue weighted by molar-refractivity contribution is 0.0260. The molecule has 0 heterocycles. The van der Waals surface area contributed by atoms with Crippen molar-refractivity contribution in [3.8, 4) is 0 Å². The van der Waals surface area contributed by atoms with Crippen LogP contribution in [0.3, 0.4) is 0 Å². The second-order valence-electron chi connectivity index (χ2n) is 7.20. The quantitative estimate of drug-likeness (QED) is 0.811. The van der Waals surface area contributed by atoms with Crippen LogP contribution in [0, 0.1) is 5.92 Å². The van der Waals surface area contributed by atoms with Gasteiger partial charge in [0.1, 0.15) is 5.60 Å². The van der Waals surface area contributed by atoms with Crippen molar-refractivity contribution < 1.29 is 9.53 Å². The summed E-state index contributed by atoms with van der Waals surface area (Å²) in [5.74, 6) is 0.801. The van der Waals surface area contributed by atoms with Gasteiger partial charge in [0.2, 0.25) is 0 Å². The lowest BCUT2D eigenvalue weighted by Gasteiger charge is -2.30. The van der Waals surface area contributed by atoms with E-state index >= 15 is 0 Å². The Morgan fingerprint density at radius 3 is 2.43 bits per heavy atom. The molecule has 1 aliphatic rings. The van der Waals surface area contributed by atoms with Crippen LogP contribution in [0.5, 0.6) is 0 Å². The van der Waals surface area contributed by atoms with Gasteiger partial charge in [-0.05, 0) is 53.4 Å². The largest absolute Gasteiger partial charge is 0.444 e. The van der Waals surface area contributed by atoms with E-state index in [-0.39, 0.29) is 6.09 Å². The van der Waals surface area contributed by atoms with Crippen LogP contribution in [-0.4, -0.2) is 42.3 Å². The van der Waals surface area contributed by atoms with Gasteiger partial charge in [-0.25, -0.2) is 4.79 Å². The molecule has 124 valence electrons. The van der Waals surface area contributed by atoms with E-state index in [1.54, 1.807) is 4.90 Å². The van der Waals surface area contributed by atoms with Gasteiger partial charge in [-0.3, -0.25) is 0 Å². The van der Waals surface area contributed by atoms with Crippen LogP contribution in [0.25, 0.3) is 0 Å². The van der Waals surface area contributed by atoms with Gasteiger partial charge in [0, 0.05) is 25.7 Å². The van der Waals surface area contributed by atoms with Gasteiger partial charge >= 0.3 is 6.09 Å². The first kappa shape index (κ1) is 18.3. The van der Waals surface area contributed by atoms with Crippen LogP contribution in [0.1, 0.15) is 66.7 Å². The molecule has 0 spiro atoms. The molecular weight excluding hydrogens is 264 g/mol. The van der Waals surface area contributed by atoms with E-state index in [1.807, 2.05) is 27.7 Å². The fraction of sp³-hybridized carbons (Fsp3) is 0.941. The Hall–Kier alpha value is -0.770. The maximum atomic E-state index is 12.0. The third kappa shape index (κ3) is 7.16. The third-order valence-corrected chi connectivity index (χ3v) is 4.24. The third-order valence-electron chi connectivity index (χ3n) is 4.24. The zero-order valence-corrected chi connectivity index (χ0v) is 14.6. The zero-order chi connectivity index (χ0) is 15.9. The number of nitrogens with one attached hydrogen (secondary N) is 1. The van der Waals surface area contributed by atoms with Gasteiger partial charge in [0.05, 0.1) is 0 Å². The van der Waals surface area contributed by atoms with Gasteiger partial charge in [-0.2, -0.15) is 0 Å². The van der Waals surface area contributed by atoms with E-state index in [0.717, 1.165) is 12.5 Å². The van der Waals surface area contributed by atoms with Crippen molar-refractivity contribution >= 4 is 6.09 Å². The van der Waals surface area contributed by atoms with Gasteiger partial charge in [-0.15, -0.1) is 0 Å². The molecule has 1 atom stereocenters. The normalized spacial score (nSPS) is 18.3. The highest BCUT2D eigenvalue weighted by molar-refractivity contribution is 5.68. The summed E-state index contributed by atoms with van der Waals surface area (Å²) in [5, 5.41) is 3.59. The molecule has 1 aliphatic carbocycles. The van der Waals surface area contributed by atoms with Crippen molar-refractivity contribution in [1.29, 1.82) is 0 Å². The molecule has 4 nitrogen and oxygen atoms in total. The van der Waals surface area contributed by atoms with Crippen molar-refractivity contribution in [2.45, 2.75) is 78.4 Å². The van der Waals surface area contributed by atoms with Crippen LogP contribution in [0.15, 0.2) is 0 Å². The molecule has 1 rings (SSSR count). The summed E-state index contributed by atoms with van der Waals surface area (Å²) in [7, 11) is 0. The first-order valence-electron chi connectivity index (χ1n) is 8.54. The average molecular weight is 298 g/mol. The summed E-state index contributed by atoms with van der Waals surface area (Å²) in [4.78, 5) is 13.8. The predicted octanol–water partition coefficient (Wildman–Crippen LogP) is 3.80. The minimum absolute atomic E-state index is 0.211. The number of rotatable bonds is 6. The van der Waals surface area contributed by atoms with Gasteiger partial charge in [0.25, 0.3) is 0 Å². The number of nitrogens with zero attached hydrogens (tertiary/aromatic N) is 1. The van der Waals surface area contributed by atoms with Crippen LogP contribution < -0.4 is 5.32 Å². The average Bonchev–Trinajstić information content (AvgIpc) is 2.42. The van der Waals surface area contributed by atoms with E-state index in [0.29, 0.717) is 19.1 Å². The SMILES string of the molecule is CCN(CCNC(C)C1CCCCC1)C(=O)OC(C)(C)C. The fourth-order valence-electron chi connectivity index (χ4n) is 2.93. The molecular formula is C17H34N2O2. The van der Waals surface area contributed by atoms with Crippen molar-refractivity contribution in [1.82, 2.24) is 10.2 Å². The van der Waals surface area contributed by atoms with Gasteiger partial charge in [0.15, 0.2) is 0 Å². The van der Waals surface area contributed by atoms with Crippen molar-refractivity contribution in [2.24, 2.45) is 5.92 Å². The monoisotopic (exact) mass is 298 g/mol. The molecule has 0 radical (unpaired) electrons. The Bertz CT molecular complexity index is 306. The second-order valence-corrected chi connectivity index (χ2v) is 7.20. The smallest absolute Gasteiger partial charge is 0.410 e. The van der Waals surface area contributed by atoms with E-state index in [4.69, 9.17) is 4.74 Å². The lowest BCUT2D eigenvalue weighted by Crippen LogP contribution is -2.43. The highest BCUT2D eigenvalue weighted by atomic mass is 16.6. The van der Waals surface area contributed by atoms with E-state index in [1.165, 1.54) is 32.1 Å². The molecule has 1 amide bonds. The Morgan fingerprint density at radius 2 is 1.90 bits per heavy atom. The summed E-state index contributed by atoms with van der Waals surface area (Å²) in [6.45, 7) is 12.2. The Morgan fingerprint density at radius 1 is 1.29 bits per heavy atom. The molecule has 1 N–H and O–H groups in total. The molecule has 0 bridgehead atoms. The second kappa shape index (κ2) is 8.62. The van der Waals surface area contributed by atoms with Crippen LogP contribution in [0.4, 0.5) is 4.79 Å². The number of likely N-dealkylation sites (N-methyl/N-ethyl adjacent to an activating group) is 1. The zero-order valence-electron chi connectivity index (χ0n) is 14.6. The number of hydrogen-bond acceptors (Lipinski definition) is 3. The molecule has 21 heavy (non-hydrogen) atoms. The molecule has 1 saturated carbocycles. The summed E-state index contributed by atoms with van der Waals surface area (Å²) >= 11 is 0. The van der Waals surface area contributed by atoms with Crippen LogP contribution in [-0.2, 0) is 4.74 Å². The Kier molecular flexibility index (Phi) is 7.50. The first-order chi connectivity index (χ1) is 9.83. The molecule has 0 aromatic heterocycles. The standard InChI is InChI=1S/C17H34N2O2/c1-6-19(16(20)21-17(3,4)5)13-12-18-14(2)15-10-8-7-9-11-15/h14-15,18H,6-13H2,1-5H3. The van der Waals surface area contributed by atoms with Crippen LogP contribution >= 0.6 is 0 Å². The molecule has 0 saturated heterocycles. The fourth-order valence-corrected chi connectivity index (χ4v) is 2.93. The minimum Gasteiger partial charge on any atom is -0.444 e. The molecule has 0 aromatic rings. The Labute approximate surface area is 130 Å². The summed E-state index contributed by atoms with van der Waals surface area (Å²) < 4.78 is 5.42. The van der Waals surface area contributed by atoms with Crippen LogP contribution in [0.2, 0.25) is 0 Å². The number of amides is 1. The number of carbonyl (C=O) groups is 1. The minimum atomic E-state index is -0.423. The lowest BCUT2D eigenvalue weighted by atomic mass is 9.84. The predicted molar refractivity (Wildman–Crippen MR) is 87.5 cm³/mol. The van der Waals surface area contributed by atoms with E-state index < -0.39 is 5.60 Å². The maximum absolute atomic E-state index is 12.0. The highest BCUT2D eigenvalue weighted by Crippen LogP contribution is 2.26. The van der Waals surface area contributed by atoms with Crippen molar-refractivity contribution in [3.63, 3.8) is 0 Å². The summed E-state index contributed by atoms with van der Waals surface area (Å²) in [6, 6.07) is 0.544. The number of hydrogen-bond donors (Lipinski definition) is 1. The first-order valence-corrected chi connectivity index (χ1v) is 8.54. The molecule has 0 aliphatic heterocycles. The number of ether oxygens (including phenoxy) is 1. The summed E-state index contributed by atoms with van der Waals surface area (Å²) in [5.41, 5.74) is -0.423. The number of carbonyl (C=O) groups excluding carboxylic acids is 1. The van der Waals surface area contributed by atoms with Gasteiger partial charge < -0.3 is 15.0 Å². The summed E-state index contributed by atoms with van der Waals surface area (Å²) in [6.07, 6.45) is 6.61. The van der Waals surface area contributed by atoms with Crippen molar-refractivity contribution in [3.05, 3.63) is 0 Å².